The zero-order valence-electron chi connectivity index (χ0n) is 7.50. The molecule has 0 aromatic heterocycles. The topological polar surface area (TPSA) is 26.3 Å². The van der Waals surface area contributed by atoms with E-state index in [-0.39, 0.29) is 12.4 Å². The molecule has 1 rings (SSSR count). The van der Waals surface area contributed by atoms with E-state index in [0.717, 1.165) is 5.56 Å². The molecule has 1 aromatic rings. The molecule has 0 aliphatic heterocycles. The average molecular weight is 325 g/mol. The lowest BCUT2D eigenvalue weighted by Crippen LogP contribution is -2.09. The Bertz CT molecular complexity index is 315. The average Bonchev–Trinajstić information content (AvgIpc) is 2.17. The Hall–Kier alpha value is -0.130. The smallest absolute Gasteiger partial charge is 0.168 e. The predicted octanol–water partition coefficient (Wildman–Crippen LogP) is 2.86. The summed E-state index contributed by atoms with van der Waals surface area (Å²) in [4.78, 5) is 10.9. The van der Waals surface area contributed by atoms with Crippen LogP contribution >= 0.6 is 34.2 Å². The molecule has 0 N–H and O–H groups in total. The van der Waals surface area contributed by atoms with Gasteiger partial charge in [0.15, 0.2) is 5.78 Å². The molecule has 0 radical (unpaired) electrons. The zero-order valence-corrected chi connectivity index (χ0v) is 10.4. The van der Waals surface area contributed by atoms with Crippen molar-refractivity contribution in [3.8, 4) is 0 Å². The van der Waals surface area contributed by atoms with Crippen LogP contribution in [0, 0.1) is 0 Å². The molecule has 2 nitrogen and oxygen atoms in total. The van der Waals surface area contributed by atoms with Crippen LogP contribution in [0.5, 0.6) is 0 Å². The van der Waals surface area contributed by atoms with E-state index in [1.165, 1.54) is 0 Å². The molecule has 0 amide bonds. The first-order valence-electron chi connectivity index (χ1n) is 4.12. The van der Waals surface area contributed by atoms with Crippen molar-refractivity contribution in [2.75, 3.05) is 11.0 Å². The van der Waals surface area contributed by atoms with E-state index in [0.29, 0.717) is 16.1 Å². The second-order valence-electron chi connectivity index (χ2n) is 2.80. The lowest BCUT2D eigenvalue weighted by Gasteiger charge is -2.02. The summed E-state index contributed by atoms with van der Waals surface area (Å²) in [5.74, 6) is 0.104. The highest BCUT2D eigenvalue weighted by atomic mass is 127. The summed E-state index contributed by atoms with van der Waals surface area (Å²) >= 11 is 7.81. The molecule has 4 heteroatoms. The first-order chi connectivity index (χ1) is 6.72. The van der Waals surface area contributed by atoms with Gasteiger partial charge in [-0.05, 0) is 17.7 Å². The van der Waals surface area contributed by atoms with Gasteiger partial charge in [-0.15, -0.1) is 0 Å². The van der Waals surface area contributed by atoms with Crippen molar-refractivity contribution in [3.05, 3.63) is 34.9 Å². The minimum Gasteiger partial charge on any atom is -0.369 e. The molecule has 0 atom stereocenters. The van der Waals surface area contributed by atoms with E-state index in [4.69, 9.17) is 16.3 Å². The van der Waals surface area contributed by atoms with Crippen LogP contribution in [0.4, 0.5) is 0 Å². The second-order valence-corrected chi connectivity index (χ2v) is 3.99. The standard InChI is InChI=1S/C10H10ClIO2/c11-9-3-1-2-8(4-9)6-14-7-10(13)5-12/h1-4H,5-7H2. The fourth-order valence-corrected chi connectivity index (χ4v) is 1.38. The van der Waals surface area contributed by atoms with Gasteiger partial charge in [0.2, 0.25) is 0 Å². The quantitative estimate of drug-likeness (QED) is 0.615. The molecular weight excluding hydrogens is 314 g/mol. The molecule has 76 valence electrons. The predicted molar refractivity (Wildman–Crippen MR) is 65.0 cm³/mol. The van der Waals surface area contributed by atoms with Gasteiger partial charge in [-0.1, -0.05) is 46.3 Å². The Morgan fingerprint density at radius 2 is 2.29 bits per heavy atom. The van der Waals surface area contributed by atoms with Crippen molar-refractivity contribution in [1.29, 1.82) is 0 Å². The normalized spacial score (nSPS) is 10.1. The molecule has 1 aromatic carbocycles. The Morgan fingerprint density at radius 3 is 2.93 bits per heavy atom. The van der Waals surface area contributed by atoms with Crippen molar-refractivity contribution in [3.63, 3.8) is 0 Å². The lowest BCUT2D eigenvalue weighted by atomic mass is 10.2. The Balaban J connectivity index is 2.35. The largest absolute Gasteiger partial charge is 0.369 e. The maximum absolute atomic E-state index is 10.9. The first-order valence-corrected chi connectivity index (χ1v) is 6.02. The molecule has 0 fully saturated rings. The van der Waals surface area contributed by atoms with Crippen LogP contribution in [0.15, 0.2) is 24.3 Å². The highest BCUT2D eigenvalue weighted by molar-refractivity contribution is 14.1. The van der Waals surface area contributed by atoms with Crippen LogP contribution in [-0.4, -0.2) is 16.8 Å². The number of carbonyl (C=O) groups is 1. The van der Waals surface area contributed by atoms with Crippen LogP contribution in [0.3, 0.4) is 0 Å². The van der Waals surface area contributed by atoms with Gasteiger partial charge in [-0.25, -0.2) is 0 Å². The van der Waals surface area contributed by atoms with E-state index in [1.807, 2.05) is 40.8 Å². The monoisotopic (exact) mass is 324 g/mol. The van der Waals surface area contributed by atoms with Crippen molar-refractivity contribution >= 4 is 40.0 Å². The molecule has 0 heterocycles. The molecule has 0 aliphatic rings. The minimum absolute atomic E-state index is 0.104. The number of rotatable bonds is 5. The van der Waals surface area contributed by atoms with Crippen LogP contribution in [0.1, 0.15) is 5.56 Å². The number of ketones is 1. The Morgan fingerprint density at radius 1 is 1.50 bits per heavy atom. The second kappa shape index (κ2) is 6.37. The van der Waals surface area contributed by atoms with Crippen molar-refractivity contribution in [1.82, 2.24) is 0 Å². The highest BCUT2D eigenvalue weighted by Crippen LogP contribution is 2.11. The summed E-state index contributed by atoms with van der Waals surface area (Å²) < 4.78 is 5.71. The van der Waals surface area contributed by atoms with Gasteiger partial charge in [0.25, 0.3) is 0 Å². The maximum atomic E-state index is 10.9. The zero-order chi connectivity index (χ0) is 10.4. The summed E-state index contributed by atoms with van der Waals surface area (Å²) in [6, 6.07) is 7.42. The summed E-state index contributed by atoms with van der Waals surface area (Å²) in [7, 11) is 0. The van der Waals surface area contributed by atoms with Crippen LogP contribution in [0.2, 0.25) is 5.02 Å². The summed E-state index contributed by atoms with van der Waals surface area (Å²) in [6.07, 6.45) is 0. The number of ether oxygens (including phenoxy) is 1. The van der Waals surface area contributed by atoms with E-state index in [9.17, 15) is 4.79 Å². The SMILES string of the molecule is O=C(CI)COCc1cccc(Cl)c1. The van der Waals surface area contributed by atoms with Gasteiger partial charge in [0, 0.05) is 5.02 Å². The first kappa shape index (κ1) is 11.9. The van der Waals surface area contributed by atoms with Gasteiger partial charge < -0.3 is 4.74 Å². The number of hydrogen-bond acceptors (Lipinski definition) is 2. The van der Waals surface area contributed by atoms with E-state index in [1.54, 1.807) is 6.07 Å². The minimum atomic E-state index is 0.104. The summed E-state index contributed by atoms with van der Waals surface area (Å²) in [5.41, 5.74) is 0.985. The number of benzene rings is 1. The third-order valence-corrected chi connectivity index (χ3v) is 2.66. The van der Waals surface area contributed by atoms with Gasteiger partial charge in [-0.2, -0.15) is 0 Å². The van der Waals surface area contributed by atoms with Crippen LogP contribution < -0.4 is 0 Å². The van der Waals surface area contributed by atoms with Crippen molar-refractivity contribution < 1.29 is 9.53 Å². The van der Waals surface area contributed by atoms with Crippen molar-refractivity contribution in [2.24, 2.45) is 0 Å². The molecule has 0 unspecified atom stereocenters. The molecule has 0 bridgehead atoms. The van der Waals surface area contributed by atoms with E-state index >= 15 is 0 Å². The third kappa shape index (κ3) is 4.39. The highest BCUT2D eigenvalue weighted by Gasteiger charge is 1.99. The van der Waals surface area contributed by atoms with Gasteiger partial charge >= 0.3 is 0 Å². The lowest BCUT2D eigenvalue weighted by molar-refractivity contribution is -0.121. The van der Waals surface area contributed by atoms with Gasteiger partial charge in [-0.3, -0.25) is 4.79 Å². The molecule has 0 spiro atoms. The number of carbonyl (C=O) groups excluding carboxylic acids is 1. The fraction of sp³-hybridized carbons (Fsp3) is 0.300. The molecule has 14 heavy (non-hydrogen) atoms. The number of hydrogen-bond donors (Lipinski definition) is 0. The molecule has 0 saturated carbocycles. The van der Waals surface area contributed by atoms with Crippen molar-refractivity contribution in [2.45, 2.75) is 6.61 Å². The molecular formula is C10H10ClIO2. The van der Waals surface area contributed by atoms with Gasteiger partial charge in [0.05, 0.1) is 11.0 Å². The third-order valence-electron chi connectivity index (χ3n) is 1.57. The van der Waals surface area contributed by atoms with E-state index in [2.05, 4.69) is 0 Å². The van der Waals surface area contributed by atoms with E-state index < -0.39 is 0 Å². The summed E-state index contributed by atoms with van der Waals surface area (Å²) in [5, 5.41) is 0.686. The Kier molecular flexibility index (Phi) is 5.44. The number of Topliss-reactive ketones (excluding diaryl/α,β-unsaturated/α-hetero) is 1. The maximum Gasteiger partial charge on any atom is 0.168 e. The van der Waals surface area contributed by atoms with Crippen LogP contribution in [-0.2, 0) is 16.1 Å². The fourth-order valence-electron chi connectivity index (χ4n) is 0.948. The number of halogens is 2. The van der Waals surface area contributed by atoms with Gasteiger partial charge in [0.1, 0.15) is 6.61 Å². The number of alkyl halides is 1. The summed E-state index contributed by atoms with van der Waals surface area (Å²) in [6.45, 7) is 0.610. The molecule has 0 saturated heterocycles. The Labute approximate surface area is 102 Å². The van der Waals surface area contributed by atoms with Crippen LogP contribution in [0.25, 0.3) is 0 Å². The molecule has 0 aliphatic carbocycles.